The molecule has 0 spiro atoms. The second-order valence-corrected chi connectivity index (χ2v) is 3.75. The summed E-state index contributed by atoms with van der Waals surface area (Å²) in [5.74, 6) is 0. The Morgan fingerprint density at radius 3 is 2.77 bits per heavy atom. The van der Waals surface area contributed by atoms with Crippen LogP contribution in [0.4, 0.5) is 0 Å². The fraction of sp³-hybridized carbons (Fsp3) is 0.500. The largest absolute Gasteiger partial charge is 0.321 e. The van der Waals surface area contributed by atoms with Crippen LogP contribution in [-0.4, -0.2) is 9.78 Å². The highest BCUT2D eigenvalue weighted by Gasteiger charge is 2.32. The molecule has 0 aliphatic heterocycles. The van der Waals surface area contributed by atoms with E-state index in [0.717, 1.165) is 18.4 Å². The van der Waals surface area contributed by atoms with E-state index in [0.29, 0.717) is 0 Å². The third-order valence-corrected chi connectivity index (χ3v) is 2.86. The molecule has 1 aromatic heterocycles. The van der Waals surface area contributed by atoms with E-state index in [1.54, 1.807) is 10.9 Å². The highest BCUT2D eigenvalue weighted by atomic mass is 15.2. The topological polar surface area (TPSA) is 43.8 Å². The summed E-state index contributed by atoms with van der Waals surface area (Å²) in [5, 5.41) is 4.14. The molecule has 3 nitrogen and oxygen atoms in total. The van der Waals surface area contributed by atoms with E-state index >= 15 is 0 Å². The monoisotopic (exact) mass is 177 g/mol. The Hall–Kier alpha value is -1.09. The maximum Gasteiger partial charge on any atom is 0.0544 e. The molecule has 0 atom stereocenters. The van der Waals surface area contributed by atoms with Gasteiger partial charge in [-0.05, 0) is 12.8 Å². The lowest BCUT2D eigenvalue weighted by molar-refractivity contribution is 0.461. The summed E-state index contributed by atoms with van der Waals surface area (Å²) in [4.78, 5) is 0. The Kier molecular flexibility index (Phi) is 1.96. The van der Waals surface area contributed by atoms with Gasteiger partial charge in [0.15, 0.2) is 0 Å². The second kappa shape index (κ2) is 3.00. The number of hydrogen-bond donors (Lipinski definition) is 1. The highest BCUT2D eigenvalue weighted by Crippen LogP contribution is 2.35. The number of rotatable bonds is 2. The lowest BCUT2D eigenvalue weighted by atomic mass is 9.92. The highest BCUT2D eigenvalue weighted by molar-refractivity contribution is 5.24. The van der Waals surface area contributed by atoms with Crippen LogP contribution in [0, 0.1) is 0 Å². The molecule has 13 heavy (non-hydrogen) atoms. The summed E-state index contributed by atoms with van der Waals surface area (Å²) in [6.45, 7) is 3.65. The molecule has 2 N–H and O–H groups in total. The van der Waals surface area contributed by atoms with Gasteiger partial charge in [-0.3, -0.25) is 0 Å². The molecule has 1 aromatic rings. The molecular formula is C10H15N3. The van der Waals surface area contributed by atoms with Crippen molar-refractivity contribution < 1.29 is 0 Å². The first-order valence-electron chi connectivity index (χ1n) is 4.71. The lowest BCUT2D eigenvalue weighted by Gasteiger charge is -2.21. The molecule has 1 aliphatic carbocycles. The van der Waals surface area contributed by atoms with Crippen LogP contribution < -0.4 is 5.73 Å². The van der Waals surface area contributed by atoms with Crippen LogP contribution in [-0.2, 0) is 5.54 Å². The quantitative estimate of drug-likeness (QED) is 0.747. The SMILES string of the molecule is C=Cn1cc(C2(N)CCCC2)cn1. The van der Waals surface area contributed by atoms with Crippen molar-refractivity contribution in [1.82, 2.24) is 9.78 Å². The van der Waals surface area contributed by atoms with E-state index < -0.39 is 0 Å². The van der Waals surface area contributed by atoms with Crippen LogP contribution in [0.3, 0.4) is 0 Å². The summed E-state index contributed by atoms with van der Waals surface area (Å²) in [7, 11) is 0. The van der Waals surface area contributed by atoms with Crippen molar-refractivity contribution in [3.05, 3.63) is 24.5 Å². The molecule has 1 saturated carbocycles. The molecule has 0 unspecified atom stereocenters. The zero-order valence-electron chi connectivity index (χ0n) is 7.74. The molecule has 3 heteroatoms. The Morgan fingerprint density at radius 1 is 1.54 bits per heavy atom. The normalized spacial score (nSPS) is 20.4. The first kappa shape index (κ1) is 8.51. The standard InChI is InChI=1S/C10H15N3/c1-2-13-8-9(7-12-13)10(11)5-3-4-6-10/h2,7-8H,1,3-6,11H2. The Labute approximate surface area is 78.2 Å². The van der Waals surface area contributed by atoms with E-state index in [9.17, 15) is 0 Å². The summed E-state index contributed by atoms with van der Waals surface area (Å²) >= 11 is 0. The molecule has 1 fully saturated rings. The van der Waals surface area contributed by atoms with Crippen LogP contribution in [0.15, 0.2) is 19.0 Å². The van der Waals surface area contributed by atoms with Gasteiger partial charge >= 0.3 is 0 Å². The van der Waals surface area contributed by atoms with Crippen LogP contribution in [0.25, 0.3) is 6.20 Å². The average Bonchev–Trinajstić information content (AvgIpc) is 2.72. The number of hydrogen-bond acceptors (Lipinski definition) is 2. The predicted molar refractivity (Wildman–Crippen MR) is 52.9 cm³/mol. The Balaban J connectivity index is 2.28. The van der Waals surface area contributed by atoms with Gasteiger partial charge < -0.3 is 5.73 Å². The van der Waals surface area contributed by atoms with Gasteiger partial charge in [0, 0.05) is 23.5 Å². The van der Waals surface area contributed by atoms with Crippen molar-refractivity contribution in [2.75, 3.05) is 0 Å². The van der Waals surface area contributed by atoms with Gasteiger partial charge in [0.25, 0.3) is 0 Å². The first-order chi connectivity index (χ1) is 6.24. The van der Waals surface area contributed by atoms with Crippen molar-refractivity contribution in [2.24, 2.45) is 5.73 Å². The molecule has 1 heterocycles. The van der Waals surface area contributed by atoms with Crippen LogP contribution >= 0.6 is 0 Å². The number of nitrogens with two attached hydrogens (primary N) is 1. The molecule has 70 valence electrons. The second-order valence-electron chi connectivity index (χ2n) is 3.75. The van der Waals surface area contributed by atoms with Crippen molar-refractivity contribution in [2.45, 2.75) is 31.2 Å². The maximum absolute atomic E-state index is 6.26. The molecule has 0 bridgehead atoms. The van der Waals surface area contributed by atoms with Gasteiger partial charge in [0.2, 0.25) is 0 Å². The zero-order valence-corrected chi connectivity index (χ0v) is 7.74. The minimum Gasteiger partial charge on any atom is -0.321 e. The minimum atomic E-state index is -0.124. The molecule has 0 amide bonds. The lowest BCUT2D eigenvalue weighted by Crippen LogP contribution is -2.32. The van der Waals surface area contributed by atoms with E-state index in [-0.39, 0.29) is 5.54 Å². The van der Waals surface area contributed by atoms with Crippen LogP contribution in [0.1, 0.15) is 31.2 Å². The van der Waals surface area contributed by atoms with Gasteiger partial charge in [-0.25, -0.2) is 4.68 Å². The van der Waals surface area contributed by atoms with E-state index in [4.69, 9.17) is 5.73 Å². The van der Waals surface area contributed by atoms with Gasteiger partial charge in [0.05, 0.1) is 6.20 Å². The minimum absolute atomic E-state index is 0.124. The zero-order chi connectivity index (χ0) is 9.31. The van der Waals surface area contributed by atoms with Crippen molar-refractivity contribution in [3.63, 3.8) is 0 Å². The molecule has 1 aliphatic rings. The summed E-state index contributed by atoms with van der Waals surface area (Å²) < 4.78 is 1.71. The predicted octanol–water partition coefficient (Wildman–Crippen LogP) is 1.71. The van der Waals surface area contributed by atoms with Crippen molar-refractivity contribution in [1.29, 1.82) is 0 Å². The fourth-order valence-corrected chi connectivity index (χ4v) is 1.99. The molecule has 0 radical (unpaired) electrons. The Morgan fingerprint density at radius 2 is 2.23 bits per heavy atom. The van der Waals surface area contributed by atoms with E-state index in [1.165, 1.54) is 12.8 Å². The molecular weight excluding hydrogens is 162 g/mol. The van der Waals surface area contributed by atoms with E-state index in [2.05, 4.69) is 11.7 Å². The molecule has 2 rings (SSSR count). The van der Waals surface area contributed by atoms with Crippen LogP contribution in [0.2, 0.25) is 0 Å². The third-order valence-electron chi connectivity index (χ3n) is 2.86. The maximum atomic E-state index is 6.26. The molecule has 0 aromatic carbocycles. The third kappa shape index (κ3) is 1.40. The van der Waals surface area contributed by atoms with Gasteiger partial charge in [-0.15, -0.1) is 0 Å². The summed E-state index contributed by atoms with van der Waals surface area (Å²) in [6.07, 6.45) is 10.1. The molecule has 0 saturated heterocycles. The van der Waals surface area contributed by atoms with Gasteiger partial charge in [-0.2, -0.15) is 5.10 Å². The summed E-state index contributed by atoms with van der Waals surface area (Å²) in [5.41, 5.74) is 7.28. The van der Waals surface area contributed by atoms with E-state index in [1.807, 2.05) is 12.4 Å². The van der Waals surface area contributed by atoms with Gasteiger partial charge in [0.1, 0.15) is 0 Å². The number of aromatic nitrogens is 2. The number of nitrogens with zero attached hydrogens (tertiary/aromatic N) is 2. The van der Waals surface area contributed by atoms with Gasteiger partial charge in [-0.1, -0.05) is 19.4 Å². The first-order valence-corrected chi connectivity index (χ1v) is 4.71. The summed E-state index contributed by atoms with van der Waals surface area (Å²) in [6, 6.07) is 0. The Bertz CT molecular complexity index is 308. The van der Waals surface area contributed by atoms with Crippen molar-refractivity contribution in [3.8, 4) is 0 Å². The fourth-order valence-electron chi connectivity index (χ4n) is 1.99. The smallest absolute Gasteiger partial charge is 0.0544 e. The van der Waals surface area contributed by atoms with Crippen molar-refractivity contribution >= 4 is 6.20 Å². The average molecular weight is 177 g/mol. The van der Waals surface area contributed by atoms with Crippen LogP contribution in [0.5, 0.6) is 0 Å².